The van der Waals surface area contributed by atoms with Crippen molar-refractivity contribution in [2.45, 2.75) is 19.5 Å². The van der Waals surface area contributed by atoms with Gasteiger partial charge in [-0.1, -0.05) is 11.3 Å². The molecule has 152 valence electrons. The summed E-state index contributed by atoms with van der Waals surface area (Å²) in [5, 5.41) is 21.1. The fraction of sp³-hybridized carbons (Fsp3) is 0.200. The van der Waals surface area contributed by atoms with Gasteiger partial charge in [0, 0.05) is 36.3 Å². The molecule has 3 N–H and O–H groups in total. The smallest absolute Gasteiger partial charge is 0.251 e. The molecule has 0 radical (unpaired) electrons. The van der Waals surface area contributed by atoms with Crippen LogP contribution in [0.2, 0.25) is 0 Å². The molecule has 0 saturated carbocycles. The first kappa shape index (κ1) is 19.2. The Hall–Kier alpha value is -4.08. The lowest BCUT2D eigenvalue weighted by Crippen LogP contribution is -2.28. The first-order valence-corrected chi connectivity index (χ1v) is 9.41. The van der Waals surface area contributed by atoms with E-state index in [1.807, 2.05) is 31.2 Å². The molecular formula is C20H21N9O. The van der Waals surface area contributed by atoms with Crippen LogP contribution >= 0.6 is 0 Å². The Balaban J connectivity index is 1.38. The SMILES string of the molecule is C[C@H](NC(=O)c1cccc(NCc2nc(-c3ccncc3)n[nH]2)c1)c1cnnn1C. The summed E-state index contributed by atoms with van der Waals surface area (Å²) in [7, 11) is 1.79. The summed E-state index contributed by atoms with van der Waals surface area (Å²) in [6.07, 6.45) is 5.04. The van der Waals surface area contributed by atoms with Crippen LogP contribution in [0.5, 0.6) is 0 Å². The first-order valence-electron chi connectivity index (χ1n) is 9.41. The molecule has 4 rings (SSSR count). The second kappa shape index (κ2) is 8.52. The summed E-state index contributed by atoms with van der Waals surface area (Å²) >= 11 is 0. The van der Waals surface area contributed by atoms with E-state index in [1.54, 1.807) is 42.5 Å². The fourth-order valence-electron chi connectivity index (χ4n) is 3.00. The lowest BCUT2D eigenvalue weighted by atomic mass is 10.1. The molecule has 1 aromatic carbocycles. The number of aromatic nitrogens is 7. The molecule has 0 unspecified atom stereocenters. The minimum Gasteiger partial charge on any atom is -0.378 e. The van der Waals surface area contributed by atoms with Gasteiger partial charge in [-0.25, -0.2) is 4.98 Å². The predicted octanol–water partition coefficient (Wildman–Crippen LogP) is 2.10. The minimum atomic E-state index is -0.213. The van der Waals surface area contributed by atoms with E-state index in [-0.39, 0.29) is 11.9 Å². The number of nitrogens with zero attached hydrogens (tertiary/aromatic N) is 6. The Kier molecular flexibility index (Phi) is 5.46. The van der Waals surface area contributed by atoms with Crippen molar-refractivity contribution in [2.75, 3.05) is 5.32 Å². The third kappa shape index (κ3) is 4.32. The van der Waals surface area contributed by atoms with Crippen LogP contribution in [0.1, 0.15) is 34.8 Å². The van der Waals surface area contributed by atoms with E-state index < -0.39 is 0 Å². The standard InChI is InChI=1S/C20H21N9O/c1-13(17-11-23-28-29(17)2)24-20(30)15-4-3-5-16(10-15)22-12-18-25-19(27-26-18)14-6-8-21-9-7-14/h3-11,13,22H,12H2,1-2H3,(H,24,30)(H,25,26,27)/t13-/m0/s1. The van der Waals surface area contributed by atoms with Gasteiger partial charge in [0.15, 0.2) is 5.82 Å². The average molecular weight is 403 g/mol. The van der Waals surface area contributed by atoms with Gasteiger partial charge in [0.05, 0.1) is 24.5 Å². The molecule has 0 aliphatic rings. The number of benzene rings is 1. The molecule has 0 aliphatic heterocycles. The van der Waals surface area contributed by atoms with E-state index in [0.717, 1.165) is 16.9 Å². The number of rotatable bonds is 7. The molecule has 10 nitrogen and oxygen atoms in total. The Morgan fingerprint density at radius 3 is 2.83 bits per heavy atom. The van der Waals surface area contributed by atoms with Crippen molar-refractivity contribution in [1.29, 1.82) is 0 Å². The largest absolute Gasteiger partial charge is 0.378 e. The minimum absolute atomic E-state index is 0.174. The van der Waals surface area contributed by atoms with Gasteiger partial charge in [-0.2, -0.15) is 5.10 Å². The number of anilines is 1. The molecule has 3 heterocycles. The highest BCUT2D eigenvalue weighted by molar-refractivity contribution is 5.95. The molecule has 0 spiro atoms. The van der Waals surface area contributed by atoms with Crippen LogP contribution in [0.4, 0.5) is 5.69 Å². The van der Waals surface area contributed by atoms with Gasteiger partial charge in [0.2, 0.25) is 0 Å². The lowest BCUT2D eigenvalue weighted by molar-refractivity contribution is 0.0938. The van der Waals surface area contributed by atoms with E-state index in [0.29, 0.717) is 23.8 Å². The molecule has 10 heteroatoms. The van der Waals surface area contributed by atoms with Crippen LogP contribution in [-0.4, -0.2) is 41.1 Å². The summed E-state index contributed by atoms with van der Waals surface area (Å²) in [5.74, 6) is 1.13. The van der Waals surface area contributed by atoms with Crippen molar-refractivity contribution in [1.82, 2.24) is 40.5 Å². The zero-order chi connectivity index (χ0) is 20.9. The number of H-pyrrole nitrogens is 1. The molecule has 30 heavy (non-hydrogen) atoms. The van der Waals surface area contributed by atoms with Crippen LogP contribution in [0, 0.1) is 0 Å². The van der Waals surface area contributed by atoms with Crippen LogP contribution in [0.3, 0.4) is 0 Å². The summed E-state index contributed by atoms with van der Waals surface area (Å²) in [5.41, 5.74) is 3.08. The van der Waals surface area contributed by atoms with E-state index >= 15 is 0 Å². The van der Waals surface area contributed by atoms with Crippen molar-refractivity contribution >= 4 is 11.6 Å². The van der Waals surface area contributed by atoms with Crippen molar-refractivity contribution in [3.05, 3.63) is 72.1 Å². The van der Waals surface area contributed by atoms with E-state index in [4.69, 9.17) is 0 Å². The zero-order valence-corrected chi connectivity index (χ0v) is 16.6. The Labute approximate surface area is 172 Å². The van der Waals surface area contributed by atoms with Gasteiger partial charge in [-0.05, 0) is 37.3 Å². The number of pyridine rings is 1. The normalized spacial score (nSPS) is 11.8. The number of hydrogen-bond donors (Lipinski definition) is 3. The molecule has 1 atom stereocenters. The van der Waals surface area contributed by atoms with Crippen LogP contribution < -0.4 is 10.6 Å². The monoisotopic (exact) mass is 403 g/mol. The van der Waals surface area contributed by atoms with Gasteiger partial charge in [-0.15, -0.1) is 5.10 Å². The number of aromatic amines is 1. The molecule has 0 bridgehead atoms. The fourth-order valence-corrected chi connectivity index (χ4v) is 3.00. The molecule has 0 fully saturated rings. The van der Waals surface area contributed by atoms with Crippen LogP contribution in [-0.2, 0) is 13.6 Å². The Morgan fingerprint density at radius 1 is 1.23 bits per heavy atom. The Bertz CT molecular complexity index is 1140. The van der Waals surface area contributed by atoms with E-state index in [1.165, 1.54) is 0 Å². The second-order valence-corrected chi connectivity index (χ2v) is 6.75. The number of nitrogens with one attached hydrogen (secondary N) is 3. The number of carbonyl (C=O) groups excluding carboxylic acids is 1. The number of carbonyl (C=O) groups is 1. The van der Waals surface area contributed by atoms with Gasteiger partial charge in [0.25, 0.3) is 5.91 Å². The van der Waals surface area contributed by atoms with Crippen molar-refractivity contribution in [3.8, 4) is 11.4 Å². The molecule has 0 saturated heterocycles. The summed E-state index contributed by atoms with van der Waals surface area (Å²) in [4.78, 5) is 21.1. The Morgan fingerprint density at radius 2 is 2.07 bits per heavy atom. The third-order valence-electron chi connectivity index (χ3n) is 4.60. The predicted molar refractivity (Wildman–Crippen MR) is 110 cm³/mol. The van der Waals surface area contributed by atoms with Gasteiger partial charge < -0.3 is 10.6 Å². The molecule has 3 aromatic heterocycles. The van der Waals surface area contributed by atoms with Crippen molar-refractivity contribution in [3.63, 3.8) is 0 Å². The molecular weight excluding hydrogens is 382 g/mol. The molecule has 0 aliphatic carbocycles. The van der Waals surface area contributed by atoms with Crippen LogP contribution in [0.25, 0.3) is 11.4 Å². The highest BCUT2D eigenvalue weighted by atomic mass is 16.1. The summed E-state index contributed by atoms with van der Waals surface area (Å²) < 4.78 is 1.64. The van der Waals surface area contributed by atoms with Crippen LogP contribution in [0.15, 0.2) is 55.0 Å². The first-order chi connectivity index (χ1) is 14.6. The summed E-state index contributed by atoms with van der Waals surface area (Å²) in [6.45, 7) is 2.34. The number of aryl methyl sites for hydroxylation is 1. The molecule has 1 amide bonds. The maximum Gasteiger partial charge on any atom is 0.251 e. The maximum absolute atomic E-state index is 12.6. The van der Waals surface area contributed by atoms with Gasteiger partial charge in [-0.3, -0.25) is 19.6 Å². The maximum atomic E-state index is 12.6. The van der Waals surface area contributed by atoms with Gasteiger partial charge >= 0.3 is 0 Å². The third-order valence-corrected chi connectivity index (χ3v) is 4.60. The van der Waals surface area contributed by atoms with Crippen molar-refractivity contribution in [2.24, 2.45) is 7.05 Å². The average Bonchev–Trinajstić information content (AvgIpc) is 3.42. The topological polar surface area (TPSA) is 126 Å². The number of amides is 1. The highest BCUT2D eigenvalue weighted by Gasteiger charge is 2.15. The van der Waals surface area contributed by atoms with Gasteiger partial charge in [0.1, 0.15) is 5.82 Å². The quantitative estimate of drug-likeness (QED) is 0.431. The van der Waals surface area contributed by atoms with E-state index in [2.05, 4.69) is 41.1 Å². The highest BCUT2D eigenvalue weighted by Crippen LogP contribution is 2.16. The second-order valence-electron chi connectivity index (χ2n) is 6.75. The number of hydrogen-bond acceptors (Lipinski definition) is 7. The van der Waals surface area contributed by atoms with Crippen molar-refractivity contribution < 1.29 is 4.79 Å². The molecule has 4 aromatic rings. The lowest BCUT2D eigenvalue weighted by Gasteiger charge is -2.14. The van der Waals surface area contributed by atoms with E-state index in [9.17, 15) is 4.79 Å². The zero-order valence-electron chi connectivity index (χ0n) is 16.6. The summed E-state index contributed by atoms with van der Waals surface area (Å²) in [6, 6.07) is 10.8.